The van der Waals surface area contributed by atoms with E-state index in [4.69, 9.17) is 17.3 Å². The lowest BCUT2D eigenvalue weighted by molar-refractivity contribution is 1.35. The van der Waals surface area contributed by atoms with Crippen LogP contribution >= 0.6 is 23.4 Å². The van der Waals surface area contributed by atoms with E-state index < -0.39 is 0 Å². The molecule has 0 atom stereocenters. The number of benzene rings is 2. The first-order valence-corrected chi connectivity index (χ1v) is 6.75. The van der Waals surface area contributed by atoms with Crippen molar-refractivity contribution in [3.8, 4) is 0 Å². The van der Waals surface area contributed by atoms with Crippen molar-refractivity contribution in [2.45, 2.75) is 17.6 Å². The molecular weight excluding hydrogens is 250 g/mol. The maximum absolute atomic E-state index is 5.97. The third kappa shape index (κ3) is 3.42. The van der Waals surface area contributed by atoms with Crippen molar-refractivity contribution in [3.63, 3.8) is 0 Å². The predicted octanol–water partition coefficient (Wildman–Crippen LogP) is 4.52. The summed E-state index contributed by atoms with van der Waals surface area (Å²) in [5.41, 5.74) is 9.21. The monoisotopic (exact) mass is 263 g/mol. The lowest BCUT2D eigenvalue weighted by atomic mass is 10.2. The van der Waals surface area contributed by atoms with Crippen molar-refractivity contribution >= 4 is 29.1 Å². The molecule has 88 valence electrons. The van der Waals surface area contributed by atoms with Gasteiger partial charge in [-0.3, -0.25) is 0 Å². The number of thioether (sulfide) groups is 1. The predicted molar refractivity (Wildman–Crippen MR) is 76.6 cm³/mol. The Labute approximate surface area is 111 Å². The normalized spacial score (nSPS) is 10.5. The molecule has 0 aliphatic rings. The number of aryl methyl sites for hydroxylation is 1. The third-order valence-corrected chi connectivity index (χ3v) is 3.84. The number of halogens is 1. The summed E-state index contributed by atoms with van der Waals surface area (Å²) in [6.07, 6.45) is 0. The molecule has 0 saturated heterocycles. The number of rotatable bonds is 3. The number of nitrogen functional groups attached to an aromatic ring is 1. The second-order valence-corrected chi connectivity index (χ2v) is 5.41. The SMILES string of the molecule is Cc1ccc(SCc2cccc(Cl)c2)c(N)c1. The highest BCUT2D eigenvalue weighted by Gasteiger charge is 2.01. The summed E-state index contributed by atoms with van der Waals surface area (Å²) < 4.78 is 0. The molecule has 2 aromatic rings. The van der Waals surface area contributed by atoms with Gasteiger partial charge in [0, 0.05) is 21.4 Å². The fourth-order valence-electron chi connectivity index (χ4n) is 1.59. The van der Waals surface area contributed by atoms with E-state index in [0.717, 1.165) is 21.4 Å². The molecule has 0 bridgehead atoms. The molecule has 3 heteroatoms. The van der Waals surface area contributed by atoms with Crippen LogP contribution in [0, 0.1) is 6.92 Å². The summed E-state index contributed by atoms with van der Waals surface area (Å²) >= 11 is 7.68. The van der Waals surface area contributed by atoms with Crippen molar-refractivity contribution in [1.82, 2.24) is 0 Å². The molecule has 0 spiro atoms. The average molecular weight is 264 g/mol. The Kier molecular flexibility index (Phi) is 3.97. The van der Waals surface area contributed by atoms with Crippen LogP contribution in [0.2, 0.25) is 5.02 Å². The van der Waals surface area contributed by atoms with Crippen molar-refractivity contribution in [2.24, 2.45) is 0 Å². The van der Waals surface area contributed by atoms with Gasteiger partial charge in [-0.15, -0.1) is 11.8 Å². The van der Waals surface area contributed by atoms with Gasteiger partial charge in [0.15, 0.2) is 0 Å². The summed E-state index contributed by atoms with van der Waals surface area (Å²) in [4.78, 5) is 1.12. The minimum Gasteiger partial charge on any atom is -0.398 e. The molecule has 0 saturated carbocycles. The Balaban J connectivity index is 2.07. The van der Waals surface area contributed by atoms with Crippen LogP contribution in [0.3, 0.4) is 0 Å². The molecule has 0 aliphatic carbocycles. The minimum atomic E-state index is 0.778. The molecule has 17 heavy (non-hydrogen) atoms. The molecule has 2 rings (SSSR count). The third-order valence-electron chi connectivity index (χ3n) is 2.45. The minimum absolute atomic E-state index is 0.778. The molecule has 0 amide bonds. The van der Waals surface area contributed by atoms with Crippen molar-refractivity contribution in [2.75, 3.05) is 5.73 Å². The second-order valence-electron chi connectivity index (χ2n) is 3.96. The molecule has 2 N–H and O–H groups in total. The van der Waals surface area contributed by atoms with E-state index in [2.05, 4.69) is 18.2 Å². The first kappa shape index (κ1) is 12.3. The van der Waals surface area contributed by atoms with Gasteiger partial charge in [-0.05, 0) is 42.3 Å². The van der Waals surface area contributed by atoms with Gasteiger partial charge in [-0.2, -0.15) is 0 Å². The van der Waals surface area contributed by atoms with Crippen LogP contribution in [-0.2, 0) is 5.75 Å². The smallest absolute Gasteiger partial charge is 0.0454 e. The topological polar surface area (TPSA) is 26.0 Å². The highest BCUT2D eigenvalue weighted by Crippen LogP contribution is 2.29. The molecule has 0 aliphatic heterocycles. The fraction of sp³-hybridized carbons (Fsp3) is 0.143. The van der Waals surface area contributed by atoms with Gasteiger partial charge in [0.25, 0.3) is 0 Å². The zero-order valence-electron chi connectivity index (χ0n) is 9.61. The molecular formula is C14H14ClNS. The van der Waals surface area contributed by atoms with Crippen LogP contribution in [0.1, 0.15) is 11.1 Å². The number of hydrogen-bond donors (Lipinski definition) is 1. The Morgan fingerprint density at radius 2 is 2.00 bits per heavy atom. The molecule has 0 fully saturated rings. The van der Waals surface area contributed by atoms with E-state index >= 15 is 0 Å². The van der Waals surface area contributed by atoms with E-state index in [1.54, 1.807) is 11.8 Å². The Bertz CT molecular complexity index is 525. The average Bonchev–Trinajstić information content (AvgIpc) is 2.28. The highest BCUT2D eigenvalue weighted by atomic mass is 35.5. The van der Waals surface area contributed by atoms with Gasteiger partial charge < -0.3 is 5.73 Å². The quantitative estimate of drug-likeness (QED) is 0.651. The van der Waals surface area contributed by atoms with Crippen molar-refractivity contribution in [1.29, 1.82) is 0 Å². The number of hydrogen-bond acceptors (Lipinski definition) is 2. The van der Waals surface area contributed by atoms with Crippen molar-refractivity contribution in [3.05, 3.63) is 58.6 Å². The van der Waals surface area contributed by atoms with Gasteiger partial charge in [-0.1, -0.05) is 29.8 Å². The zero-order chi connectivity index (χ0) is 12.3. The Morgan fingerprint density at radius 3 is 2.71 bits per heavy atom. The fourth-order valence-corrected chi connectivity index (χ4v) is 2.69. The first-order chi connectivity index (χ1) is 8.15. The van der Waals surface area contributed by atoms with Gasteiger partial charge >= 0.3 is 0 Å². The maximum Gasteiger partial charge on any atom is 0.0454 e. The van der Waals surface area contributed by atoms with E-state index in [1.807, 2.05) is 31.2 Å². The number of anilines is 1. The van der Waals surface area contributed by atoms with Crippen LogP contribution < -0.4 is 5.73 Å². The van der Waals surface area contributed by atoms with Crippen LogP contribution in [0.5, 0.6) is 0 Å². The van der Waals surface area contributed by atoms with Gasteiger partial charge in [0.05, 0.1) is 0 Å². The van der Waals surface area contributed by atoms with Gasteiger partial charge in [0.2, 0.25) is 0 Å². The van der Waals surface area contributed by atoms with Gasteiger partial charge in [0.1, 0.15) is 0 Å². The largest absolute Gasteiger partial charge is 0.398 e. The lowest BCUT2D eigenvalue weighted by Gasteiger charge is -2.06. The zero-order valence-corrected chi connectivity index (χ0v) is 11.2. The standard InChI is InChI=1S/C14H14ClNS/c1-10-5-6-14(13(16)7-10)17-9-11-3-2-4-12(15)8-11/h2-8H,9,16H2,1H3. The summed E-state index contributed by atoms with van der Waals surface area (Å²) in [5.74, 6) is 0.883. The molecule has 0 aromatic heterocycles. The molecule has 1 nitrogen and oxygen atoms in total. The van der Waals surface area contributed by atoms with Gasteiger partial charge in [-0.25, -0.2) is 0 Å². The van der Waals surface area contributed by atoms with Crippen LogP contribution in [-0.4, -0.2) is 0 Å². The maximum atomic E-state index is 5.97. The molecule has 0 heterocycles. The first-order valence-electron chi connectivity index (χ1n) is 5.38. The van der Waals surface area contributed by atoms with E-state index in [0.29, 0.717) is 0 Å². The molecule has 2 aromatic carbocycles. The summed E-state index contributed by atoms with van der Waals surface area (Å²) in [5, 5.41) is 0.778. The second kappa shape index (κ2) is 5.48. The van der Waals surface area contributed by atoms with Crippen LogP contribution in [0.25, 0.3) is 0 Å². The van der Waals surface area contributed by atoms with E-state index in [-0.39, 0.29) is 0 Å². The van der Waals surface area contributed by atoms with Crippen LogP contribution in [0.15, 0.2) is 47.4 Å². The Hall–Kier alpha value is -1.12. The van der Waals surface area contributed by atoms with E-state index in [9.17, 15) is 0 Å². The lowest BCUT2D eigenvalue weighted by Crippen LogP contribution is -1.90. The van der Waals surface area contributed by atoms with Crippen molar-refractivity contribution < 1.29 is 0 Å². The number of nitrogens with two attached hydrogens (primary N) is 1. The molecule has 0 unspecified atom stereocenters. The summed E-state index contributed by atoms with van der Waals surface area (Å²) in [6, 6.07) is 14.1. The molecule has 0 radical (unpaired) electrons. The summed E-state index contributed by atoms with van der Waals surface area (Å²) in [7, 11) is 0. The Morgan fingerprint density at radius 1 is 1.18 bits per heavy atom. The highest BCUT2D eigenvalue weighted by molar-refractivity contribution is 7.98. The van der Waals surface area contributed by atoms with Crippen LogP contribution in [0.4, 0.5) is 5.69 Å². The summed E-state index contributed by atoms with van der Waals surface area (Å²) in [6.45, 7) is 2.04. The van der Waals surface area contributed by atoms with E-state index in [1.165, 1.54) is 11.1 Å².